The second kappa shape index (κ2) is 29.2. The molecule has 0 aliphatic rings. The smallest absolute Gasteiger partial charge is 0.157 e. The van der Waals surface area contributed by atoms with Gasteiger partial charge in [-0.05, 0) is 19.3 Å². The Hall–Kier alpha value is -0.0800. The van der Waals surface area contributed by atoms with E-state index in [4.69, 9.17) is 4.74 Å². The van der Waals surface area contributed by atoms with Gasteiger partial charge in [-0.3, -0.25) is 0 Å². The molecule has 0 fully saturated rings. The Labute approximate surface area is 216 Å². The third-order valence-electron chi connectivity index (χ3n) is 7.55. The fourth-order valence-electron chi connectivity index (χ4n) is 5.09. The maximum absolute atomic E-state index is 10.8. The van der Waals surface area contributed by atoms with Crippen LogP contribution in [0.5, 0.6) is 0 Å². The summed E-state index contributed by atoms with van der Waals surface area (Å²) < 4.78 is 5.95. The molecule has 0 radical (unpaired) electrons. The van der Waals surface area contributed by atoms with E-state index in [9.17, 15) is 5.11 Å². The molecule has 34 heavy (non-hydrogen) atoms. The molecule has 0 amide bonds. The van der Waals surface area contributed by atoms with Gasteiger partial charge in [0, 0.05) is 12.5 Å². The summed E-state index contributed by atoms with van der Waals surface area (Å²) in [6.07, 6.45) is 34.0. The zero-order chi connectivity index (χ0) is 25.0. The molecular weight excluding hydrogens is 416 g/mol. The van der Waals surface area contributed by atoms with Crippen LogP contribution >= 0.6 is 0 Å². The third-order valence-corrected chi connectivity index (χ3v) is 7.55. The Morgan fingerprint density at radius 3 is 1.06 bits per heavy atom. The second-order valence-electron chi connectivity index (χ2n) is 11.0. The van der Waals surface area contributed by atoms with Gasteiger partial charge in [-0.1, -0.05) is 168 Å². The van der Waals surface area contributed by atoms with Gasteiger partial charge in [0.15, 0.2) is 6.29 Å². The first kappa shape index (κ1) is 33.9. The van der Waals surface area contributed by atoms with Crippen molar-refractivity contribution in [3.63, 3.8) is 0 Å². The van der Waals surface area contributed by atoms with Crippen molar-refractivity contribution >= 4 is 0 Å². The summed E-state index contributed by atoms with van der Waals surface area (Å²) in [7, 11) is 0. The van der Waals surface area contributed by atoms with E-state index in [0.717, 1.165) is 25.9 Å². The topological polar surface area (TPSA) is 29.5 Å². The highest BCUT2D eigenvalue weighted by Crippen LogP contribution is 2.23. The van der Waals surface area contributed by atoms with Crippen LogP contribution in [0.2, 0.25) is 0 Å². The molecule has 2 atom stereocenters. The Balaban J connectivity index is 3.94. The minimum atomic E-state index is -0.543. The summed E-state index contributed by atoms with van der Waals surface area (Å²) in [6.45, 7) is 7.59. The molecule has 0 aromatic heterocycles. The predicted molar refractivity (Wildman–Crippen MR) is 153 cm³/mol. The van der Waals surface area contributed by atoms with E-state index >= 15 is 0 Å². The van der Waals surface area contributed by atoms with Gasteiger partial charge in [0.05, 0.1) is 0 Å². The summed E-state index contributed by atoms with van der Waals surface area (Å²) >= 11 is 0. The standard InChI is InChI=1S/C32H66O2/c1-4-7-10-13-16-18-19-21-24-27-30-34-32(33)31(28-25-22-15-12-9-6-3)29-26-23-20-17-14-11-8-5-2/h31-33H,4-30H2,1-3H3. The average molecular weight is 483 g/mol. The van der Waals surface area contributed by atoms with Crippen molar-refractivity contribution in [2.45, 2.75) is 194 Å². The maximum Gasteiger partial charge on any atom is 0.157 e. The Morgan fingerprint density at radius 1 is 0.412 bits per heavy atom. The number of hydrogen-bond acceptors (Lipinski definition) is 2. The van der Waals surface area contributed by atoms with Crippen molar-refractivity contribution < 1.29 is 9.84 Å². The quantitative estimate of drug-likeness (QED) is 0.0848. The lowest BCUT2D eigenvalue weighted by molar-refractivity contribution is -0.138. The summed E-state index contributed by atoms with van der Waals surface area (Å²) in [6, 6.07) is 0. The highest BCUT2D eigenvalue weighted by atomic mass is 16.6. The summed E-state index contributed by atoms with van der Waals surface area (Å²) in [5.74, 6) is 0.342. The van der Waals surface area contributed by atoms with Crippen molar-refractivity contribution in [3.05, 3.63) is 0 Å². The molecule has 0 aromatic carbocycles. The van der Waals surface area contributed by atoms with E-state index < -0.39 is 6.29 Å². The van der Waals surface area contributed by atoms with Crippen LogP contribution in [-0.4, -0.2) is 18.0 Å². The molecular formula is C32H66O2. The molecule has 0 aliphatic heterocycles. The van der Waals surface area contributed by atoms with E-state index in [1.807, 2.05) is 0 Å². The Kier molecular flexibility index (Phi) is 29.1. The Morgan fingerprint density at radius 2 is 0.706 bits per heavy atom. The van der Waals surface area contributed by atoms with E-state index in [1.54, 1.807) is 0 Å². The first-order valence-electron chi connectivity index (χ1n) is 16.1. The van der Waals surface area contributed by atoms with Gasteiger partial charge in [0.25, 0.3) is 0 Å². The van der Waals surface area contributed by atoms with Crippen LogP contribution < -0.4 is 0 Å². The number of rotatable bonds is 29. The number of aliphatic hydroxyl groups excluding tert-OH is 1. The molecule has 0 aromatic rings. The van der Waals surface area contributed by atoms with Gasteiger partial charge in [-0.2, -0.15) is 0 Å². The molecule has 0 aliphatic carbocycles. The molecule has 2 unspecified atom stereocenters. The van der Waals surface area contributed by atoms with E-state index in [-0.39, 0.29) is 0 Å². The maximum atomic E-state index is 10.8. The number of ether oxygens (including phenoxy) is 1. The van der Waals surface area contributed by atoms with Gasteiger partial charge < -0.3 is 9.84 Å². The van der Waals surface area contributed by atoms with Crippen LogP contribution in [0.1, 0.15) is 188 Å². The number of unbranched alkanes of at least 4 members (excludes halogenated alkanes) is 21. The average Bonchev–Trinajstić information content (AvgIpc) is 2.84. The largest absolute Gasteiger partial charge is 0.368 e. The van der Waals surface area contributed by atoms with Crippen LogP contribution in [0.3, 0.4) is 0 Å². The summed E-state index contributed by atoms with van der Waals surface area (Å²) in [5.41, 5.74) is 0. The molecule has 206 valence electrons. The van der Waals surface area contributed by atoms with Crippen molar-refractivity contribution in [1.82, 2.24) is 0 Å². The fraction of sp³-hybridized carbons (Fsp3) is 1.00. The highest BCUT2D eigenvalue weighted by molar-refractivity contribution is 4.64. The molecule has 2 nitrogen and oxygen atoms in total. The first-order chi connectivity index (χ1) is 16.8. The molecule has 0 rings (SSSR count). The van der Waals surface area contributed by atoms with E-state index in [1.165, 1.54) is 148 Å². The van der Waals surface area contributed by atoms with Gasteiger partial charge in [-0.25, -0.2) is 0 Å². The van der Waals surface area contributed by atoms with Gasteiger partial charge in [0.2, 0.25) is 0 Å². The lowest BCUT2D eigenvalue weighted by atomic mass is 9.93. The van der Waals surface area contributed by atoms with Crippen LogP contribution in [-0.2, 0) is 4.74 Å². The lowest BCUT2D eigenvalue weighted by Crippen LogP contribution is -2.24. The summed E-state index contributed by atoms with van der Waals surface area (Å²) in [5, 5.41) is 10.8. The summed E-state index contributed by atoms with van der Waals surface area (Å²) in [4.78, 5) is 0. The molecule has 2 heteroatoms. The van der Waals surface area contributed by atoms with Crippen LogP contribution in [0.4, 0.5) is 0 Å². The number of aliphatic hydroxyl groups is 1. The van der Waals surface area contributed by atoms with E-state index in [2.05, 4.69) is 20.8 Å². The fourth-order valence-corrected chi connectivity index (χ4v) is 5.09. The second-order valence-corrected chi connectivity index (χ2v) is 11.0. The molecule has 0 saturated carbocycles. The van der Waals surface area contributed by atoms with Crippen molar-refractivity contribution in [2.24, 2.45) is 5.92 Å². The van der Waals surface area contributed by atoms with Crippen LogP contribution in [0.25, 0.3) is 0 Å². The minimum absolute atomic E-state index is 0.342. The lowest BCUT2D eigenvalue weighted by Gasteiger charge is -2.23. The van der Waals surface area contributed by atoms with Crippen LogP contribution in [0, 0.1) is 5.92 Å². The van der Waals surface area contributed by atoms with Crippen molar-refractivity contribution in [3.8, 4) is 0 Å². The van der Waals surface area contributed by atoms with Crippen molar-refractivity contribution in [1.29, 1.82) is 0 Å². The molecule has 0 saturated heterocycles. The number of hydrogen-bond donors (Lipinski definition) is 1. The first-order valence-corrected chi connectivity index (χ1v) is 16.1. The van der Waals surface area contributed by atoms with Crippen LogP contribution in [0.15, 0.2) is 0 Å². The molecule has 0 bridgehead atoms. The SMILES string of the molecule is CCCCCCCCCCCCOC(O)C(CCCCCCCC)CCCCCCCCCC. The van der Waals surface area contributed by atoms with Gasteiger partial charge in [-0.15, -0.1) is 0 Å². The minimum Gasteiger partial charge on any atom is -0.368 e. The monoisotopic (exact) mass is 483 g/mol. The molecule has 0 heterocycles. The molecule has 1 N–H and O–H groups in total. The molecule has 0 spiro atoms. The van der Waals surface area contributed by atoms with Gasteiger partial charge in [0.1, 0.15) is 0 Å². The zero-order valence-corrected chi connectivity index (χ0v) is 24.1. The van der Waals surface area contributed by atoms with Crippen molar-refractivity contribution in [2.75, 3.05) is 6.61 Å². The van der Waals surface area contributed by atoms with E-state index in [0.29, 0.717) is 5.92 Å². The normalized spacial score (nSPS) is 13.4. The Bertz CT molecular complexity index is 357. The third kappa shape index (κ3) is 25.0. The predicted octanol–water partition coefficient (Wildman–Crippen LogP) is 11.1. The highest BCUT2D eigenvalue weighted by Gasteiger charge is 2.19. The zero-order valence-electron chi connectivity index (χ0n) is 24.1. The van der Waals surface area contributed by atoms with Gasteiger partial charge >= 0.3 is 0 Å².